The maximum absolute atomic E-state index is 4.57. The van der Waals surface area contributed by atoms with E-state index in [-0.39, 0.29) is 0 Å². The number of anilines is 1. The first kappa shape index (κ1) is 12.6. The van der Waals surface area contributed by atoms with Crippen LogP contribution in [0.15, 0.2) is 24.3 Å². The number of nitrogens with zero attached hydrogens (tertiary/aromatic N) is 2. The van der Waals surface area contributed by atoms with Crippen molar-refractivity contribution in [3.05, 3.63) is 41.1 Å². The molecule has 0 spiro atoms. The minimum absolute atomic E-state index is 0.798. The Bertz CT molecular complexity index is 562. The maximum atomic E-state index is 4.57. The quantitative estimate of drug-likeness (QED) is 0.893. The molecular formula is C15H19N3. The second kappa shape index (κ2) is 5.17. The SMILES string of the molecule is CCNc1cc(C)nc(-c2cc(C)ccc2C)n1. The highest BCUT2D eigenvalue weighted by Gasteiger charge is 2.07. The summed E-state index contributed by atoms with van der Waals surface area (Å²) in [5, 5.41) is 3.24. The van der Waals surface area contributed by atoms with Crippen molar-refractivity contribution in [2.75, 3.05) is 11.9 Å². The molecule has 3 nitrogen and oxygen atoms in total. The lowest BCUT2D eigenvalue weighted by atomic mass is 10.1. The van der Waals surface area contributed by atoms with Gasteiger partial charge in [0.05, 0.1) is 0 Å². The van der Waals surface area contributed by atoms with Gasteiger partial charge in [0.1, 0.15) is 5.82 Å². The summed E-state index contributed by atoms with van der Waals surface area (Å²) in [6.07, 6.45) is 0. The first-order valence-corrected chi connectivity index (χ1v) is 6.27. The van der Waals surface area contributed by atoms with E-state index in [2.05, 4.69) is 54.3 Å². The predicted octanol–water partition coefficient (Wildman–Crippen LogP) is 3.50. The molecule has 2 rings (SSSR count). The third kappa shape index (κ3) is 2.67. The van der Waals surface area contributed by atoms with Crippen LogP contribution >= 0.6 is 0 Å². The van der Waals surface area contributed by atoms with Gasteiger partial charge in [-0.1, -0.05) is 17.7 Å². The molecule has 1 N–H and O–H groups in total. The number of benzene rings is 1. The van der Waals surface area contributed by atoms with Gasteiger partial charge in [-0.25, -0.2) is 9.97 Å². The van der Waals surface area contributed by atoms with Crippen LogP contribution in [0.1, 0.15) is 23.7 Å². The molecule has 0 atom stereocenters. The number of aryl methyl sites for hydroxylation is 3. The van der Waals surface area contributed by atoms with Crippen LogP contribution in [0, 0.1) is 20.8 Å². The largest absolute Gasteiger partial charge is 0.370 e. The Balaban J connectivity index is 2.52. The fourth-order valence-corrected chi connectivity index (χ4v) is 1.94. The van der Waals surface area contributed by atoms with E-state index in [4.69, 9.17) is 0 Å². The summed E-state index contributed by atoms with van der Waals surface area (Å²) in [6.45, 7) is 9.10. The summed E-state index contributed by atoms with van der Waals surface area (Å²) < 4.78 is 0. The molecule has 1 aromatic heterocycles. The highest BCUT2D eigenvalue weighted by Crippen LogP contribution is 2.22. The molecule has 3 heteroatoms. The standard InChI is InChI=1S/C15H19N3/c1-5-16-14-9-12(4)17-15(18-14)13-8-10(2)6-7-11(13)3/h6-9H,5H2,1-4H3,(H,16,17,18). The van der Waals surface area contributed by atoms with E-state index in [9.17, 15) is 0 Å². The Kier molecular flexibility index (Phi) is 3.60. The molecule has 0 unspecified atom stereocenters. The van der Waals surface area contributed by atoms with Crippen molar-refractivity contribution < 1.29 is 0 Å². The van der Waals surface area contributed by atoms with Gasteiger partial charge in [-0.05, 0) is 39.3 Å². The van der Waals surface area contributed by atoms with Gasteiger partial charge in [0.25, 0.3) is 0 Å². The van der Waals surface area contributed by atoms with E-state index in [1.807, 2.05) is 13.0 Å². The van der Waals surface area contributed by atoms with Crippen molar-refractivity contribution >= 4 is 5.82 Å². The molecule has 18 heavy (non-hydrogen) atoms. The van der Waals surface area contributed by atoms with Gasteiger partial charge in [-0.3, -0.25) is 0 Å². The number of aromatic nitrogens is 2. The zero-order valence-electron chi connectivity index (χ0n) is 11.4. The van der Waals surface area contributed by atoms with Crippen LogP contribution in [0.3, 0.4) is 0 Å². The molecule has 0 fully saturated rings. The van der Waals surface area contributed by atoms with Gasteiger partial charge in [0, 0.05) is 23.9 Å². The molecule has 1 heterocycles. The molecule has 0 bridgehead atoms. The van der Waals surface area contributed by atoms with Crippen LogP contribution < -0.4 is 5.32 Å². The highest BCUT2D eigenvalue weighted by molar-refractivity contribution is 5.62. The number of nitrogens with one attached hydrogen (secondary N) is 1. The summed E-state index contributed by atoms with van der Waals surface area (Å²) in [5.41, 5.74) is 4.52. The van der Waals surface area contributed by atoms with Crippen LogP contribution in [-0.4, -0.2) is 16.5 Å². The summed E-state index contributed by atoms with van der Waals surface area (Å²) in [4.78, 5) is 9.11. The van der Waals surface area contributed by atoms with Crippen molar-refractivity contribution in [2.24, 2.45) is 0 Å². The second-order valence-electron chi connectivity index (χ2n) is 4.57. The topological polar surface area (TPSA) is 37.8 Å². The van der Waals surface area contributed by atoms with E-state index in [0.717, 1.165) is 29.4 Å². The van der Waals surface area contributed by atoms with Gasteiger partial charge < -0.3 is 5.32 Å². The highest BCUT2D eigenvalue weighted by atomic mass is 15.0. The van der Waals surface area contributed by atoms with Crippen LogP contribution in [0.5, 0.6) is 0 Å². The zero-order chi connectivity index (χ0) is 13.1. The molecule has 94 valence electrons. The molecule has 0 radical (unpaired) electrons. The molecule has 2 aromatic rings. The van der Waals surface area contributed by atoms with E-state index < -0.39 is 0 Å². The monoisotopic (exact) mass is 241 g/mol. The van der Waals surface area contributed by atoms with E-state index in [1.165, 1.54) is 11.1 Å². The fraction of sp³-hybridized carbons (Fsp3) is 0.333. The number of hydrogen-bond acceptors (Lipinski definition) is 3. The molecule has 1 aromatic carbocycles. The molecule has 0 saturated heterocycles. The second-order valence-corrected chi connectivity index (χ2v) is 4.57. The van der Waals surface area contributed by atoms with Gasteiger partial charge in [-0.15, -0.1) is 0 Å². The predicted molar refractivity (Wildman–Crippen MR) is 75.8 cm³/mol. The minimum Gasteiger partial charge on any atom is -0.370 e. The van der Waals surface area contributed by atoms with E-state index in [1.54, 1.807) is 0 Å². The smallest absolute Gasteiger partial charge is 0.162 e. The third-order valence-electron chi connectivity index (χ3n) is 2.85. The first-order valence-electron chi connectivity index (χ1n) is 6.27. The van der Waals surface area contributed by atoms with E-state index in [0.29, 0.717) is 0 Å². The van der Waals surface area contributed by atoms with Crippen molar-refractivity contribution in [1.82, 2.24) is 9.97 Å². The van der Waals surface area contributed by atoms with Crippen molar-refractivity contribution in [2.45, 2.75) is 27.7 Å². The van der Waals surface area contributed by atoms with Crippen molar-refractivity contribution in [3.63, 3.8) is 0 Å². The lowest BCUT2D eigenvalue weighted by Gasteiger charge is -2.09. The Hall–Kier alpha value is -1.90. The molecule has 0 aliphatic heterocycles. The summed E-state index contributed by atoms with van der Waals surface area (Å²) >= 11 is 0. The summed E-state index contributed by atoms with van der Waals surface area (Å²) in [7, 11) is 0. The Morgan fingerprint density at radius 1 is 1.06 bits per heavy atom. The third-order valence-corrected chi connectivity index (χ3v) is 2.85. The Morgan fingerprint density at radius 2 is 1.83 bits per heavy atom. The lowest BCUT2D eigenvalue weighted by molar-refractivity contribution is 1.08. The van der Waals surface area contributed by atoms with Gasteiger partial charge in [-0.2, -0.15) is 0 Å². The van der Waals surface area contributed by atoms with Gasteiger partial charge in [0.2, 0.25) is 0 Å². The number of rotatable bonds is 3. The lowest BCUT2D eigenvalue weighted by Crippen LogP contribution is -2.03. The maximum Gasteiger partial charge on any atom is 0.162 e. The van der Waals surface area contributed by atoms with Gasteiger partial charge in [0.15, 0.2) is 5.82 Å². The summed E-state index contributed by atoms with van der Waals surface area (Å²) in [6, 6.07) is 8.33. The molecule has 0 aliphatic rings. The first-order chi connectivity index (χ1) is 8.60. The molecule has 0 amide bonds. The fourth-order valence-electron chi connectivity index (χ4n) is 1.94. The van der Waals surface area contributed by atoms with Crippen LogP contribution in [0.2, 0.25) is 0 Å². The summed E-state index contributed by atoms with van der Waals surface area (Å²) in [5.74, 6) is 1.69. The molecule has 0 aliphatic carbocycles. The van der Waals surface area contributed by atoms with Crippen LogP contribution in [0.25, 0.3) is 11.4 Å². The normalized spacial score (nSPS) is 10.4. The van der Waals surface area contributed by atoms with E-state index >= 15 is 0 Å². The van der Waals surface area contributed by atoms with Crippen LogP contribution in [0.4, 0.5) is 5.82 Å². The molecular weight excluding hydrogens is 222 g/mol. The Labute approximate surface area is 108 Å². The zero-order valence-corrected chi connectivity index (χ0v) is 11.4. The van der Waals surface area contributed by atoms with Crippen LogP contribution in [-0.2, 0) is 0 Å². The molecule has 0 saturated carbocycles. The number of hydrogen-bond donors (Lipinski definition) is 1. The van der Waals surface area contributed by atoms with Crippen molar-refractivity contribution in [3.8, 4) is 11.4 Å². The average molecular weight is 241 g/mol. The van der Waals surface area contributed by atoms with Gasteiger partial charge >= 0.3 is 0 Å². The average Bonchev–Trinajstić information content (AvgIpc) is 2.32. The van der Waals surface area contributed by atoms with Crippen molar-refractivity contribution in [1.29, 1.82) is 0 Å². The minimum atomic E-state index is 0.798. The Morgan fingerprint density at radius 3 is 2.56 bits per heavy atom.